The number of halogens is 2. The van der Waals surface area contributed by atoms with Crippen LogP contribution < -0.4 is 4.74 Å². The van der Waals surface area contributed by atoms with Gasteiger partial charge in [0, 0.05) is 5.56 Å². The molecule has 2 rings (SSSR count). The summed E-state index contributed by atoms with van der Waals surface area (Å²) < 4.78 is 19.7. The lowest BCUT2D eigenvalue weighted by Gasteiger charge is -2.14. The fourth-order valence-corrected chi connectivity index (χ4v) is 1.96. The lowest BCUT2D eigenvalue weighted by molar-refractivity contribution is 0.104. The van der Waals surface area contributed by atoms with Crippen molar-refractivity contribution in [2.75, 3.05) is 6.61 Å². The first kappa shape index (κ1) is 13.1. The first-order valence-electron chi connectivity index (χ1n) is 5.48. The molecule has 2 aromatic carbocycles. The van der Waals surface area contributed by atoms with Gasteiger partial charge in [0.25, 0.3) is 0 Å². The normalized spacial score (nSPS) is 12.2. The van der Waals surface area contributed by atoms with E-state index in [9.17, 15) is 9.50 Å². The first-order valence-corrected chi connectivity index (χ1v) is 6.27. The van der Waals surface area contributed by atoms with Gasteiger partial charge in [-0.05, 0) is 34.1 Å². The van der Waals surface area contributed by atoms with Crippen molar-refractivity contribution in [3.63, 3.8) is 0 Å². The zero-order valence-corrected chi connectivity index (χ0v) is 11.1. The lowest BCUT2D eigenvalue weighted by atomic mass is 10.1. The van der Waals surface area contributed by atoms with Crippen LogP contribution >= 0.6 is 15.9 Å². The maximum atomic E-state index is 13.4. The van der Waals surface area contributed by atoms with Crippen molar-refractivity contribution < 1.29 is 14.2 Å². The van der Waals surface area contributed by atoms with Gasteiger partial charge in [-0.15, -0.1) is 0 Å². The van der Waals surface area contributed by atoms with E-state index in [4.69, 9.17) is 4.74 Å². The van der Waals surface area contributed by atoms with E-state index in [2.05, 4.69) is 15.9 Å². The Morgan fingerprint density at radius 2 is 1.78 bits per heavy atom. The molecule has 94 valence electrons. The van der Waals surface area contributed by atoms with Crippen molar-refractivity contribution in [3.05, 3.63) is 64.4 Å². The zero-order chi connectivity index (χ0) is 13.0. The Kier molecular flexibility index (Phi) is 4.33. The van der Waals surface area contributed by atoms with Crippen molar-refractivity contribution >= 4 is 15.9 Å². The highest BCUT2D eigenvalue weighted by Crippen LogP contribution is 2.25. The molecular weight excluding hydrogens is 299 g/mol. The summed E-state index contributed by atoms with van der Waals surface area (Å²) in [6.07, 6.45) is -0.988. The number of hydrogen-bond acceptors (Lipinski definition) is 2. The van der Waals surface area contributed by atoms with Crippen molar-refractivity contribution in [1.82, 2.24) is 0 Å². The molecule has 0 aliphatic heterocycles. The van der Waals surface area contributed by atoms with Crippen molar-refractivity contribution in [3.8, 4) is 5.75 Å². The molecule has 0 saturated heterocycles. The number of hydrogen-bond donors (Lipinski definition) is 1. The van der Waals surface area contributed by atoms with E-state index in [-0.39, 0.29) is 12.2 Å². The average Bonchev–Trinajstić information content (AvgIpc) is 2.38. The van der Waals surface area contributed by atoms with Crippen LogP contribution in [0.4, 0.5) is 4.39 Å². The average molecular weight is 311 g/mol. The Morgan fingerprint density at radius 1 is 1.11 bits per heavy atom. The van der Waals surface area contributed by atoms with Gasteiger partial charge in [-0.3, -0.25) is 0 Å². The minimum Gasteiger partial charge on any atom is -0.489 e. The number of para-hydroxylation sites is 1. The predicted octanol–water partition coefficient (Wildman–Crippen LogP) is 3.70. The number of benzene rings is 2. The second kappa shape index (κ2) is 5.98. The Hall–Kier alpha value is -1.39. The SMILES string of the molecule is OC(COc1ccccc1Br)c1ccccc1F. The molecule has 4 heteroatoms. The van der Waals surface area contributed by atoms with E-state index < -0.39 is 11.9 Å². The van der Waals surface area contributed by atoms with Crippen LogP contribution in [0.5, 0.6) is 5.75 Å². The molecule has 0 saturated carbocycles. The highest BCUT2D eigenvalue weighted by Gasteiger charge is 2.13. The molecule has 0 radical (unpaired) electrons. The molecular formula is C14H12BrFO2. The van der Waals surface area contributed by atoms with E-state index in [1.165, 1.54) is 6.07 Å². The molecule has 0 heterocycles. The Balaban J connectivity index is 2.03. The fourth-order valence-electron chi connectivity index (χ4n) is 1.57. The second-order valence-corrected chi connectivity index (χ2v) is 4.63. The highest BCUT2D eigenvalue weighted by atomic mass is 79.9. The maximum absolute atomic E-state index is 13.4. The molecule has 1 N–H and O–H groups in total. The monoisotopic (exact) mass is 310 g/mol. The van der Waals surface area contributed by atoms with Crippen LogP contribution in [0.15, 0.2) is 53.0 Å². The number of aliphatic hydroxyl groups is 1. The van der Waals surface area contributed by atoms with Crippen LogP contribution in [0.2, 0.25) is 0 Å². The Bertz CT molecular complexity index is 531. The summed E-state index contributed by atoms with van der Waals surface area (Å²) in [4.78, 5) is 0. The Morgan fingerprint density at radius 3 is 2.50 bits per heavy atom. The molecule has 0 aliphatic rings. The van der Waals surface area contributed by atoms with E-state index >= 15 is 0 Å². The molecule has 0 aromatic heterocycles. The number of aliphatic hydroxyl groups excluding tert-OH is 1. The number of rotatable bonds is 4. The third-order valence-electron chi connectivity index (χ3n) is 2.50. The summed E-state index contributed by atoms with van der Waals surface area (Å²) >= 11 is 3.34. The quantitative estimate of drug-likeness (QED) is 0.933. The third-order valence-corrected chi connectivity index (χ3v) is 3.15. The van der Waals surface area contributed by atoms with Gasteiger partial charge in [0.1, 0.15) is 24.3 Å². The van der Waals surface area contributed by atoms with Gasteiger partial charge < -0.3 is 9.84 Å². The highest BCUT2D eigenvalue weighted by molar-refractivity contribution is 9.10. The van der Waals surface area contributed by atoms with Crippen LogP contribution in [-0.2, 0) is 0 Å². The van der Waals surface area contributed by atoms with Crippen molar-refractivity contribution in [1.29, 1.82) is 0 Å². The largest absolute Gasteiger partial charge is 0.489 e. The van der Waals surface area contributed by atoms with E-state index in [1.54, 1.807) is 24.3 Å². The fraction of sp³-hybridized carbons (Fsp3) is 0.143. The van der Waals surface area contributed by atoms with E-state index in [0.29, 0.717) is 5.75 Å². The van der Waals surface area contributed by atoms with Crippen LogP contribution in [0.25, 0.3) is 0 Å². The topological polar surface area (TPSA) is 29.5 Å². The first-order chi connectivity index (χ1) is 8.68. The standard InChI is InChI=1S/C14H12BrFO2/c15-11-6-2-4-8-14(11)18-9-13(17)10-5-1-3-7-12(10)16/h1-8,13,17H,9H2. The maximum Gasteiger partial charge on any atom is 0.133 e. The summed E-state index contributed by atoms with van der Waals surface area (Å²) in [7, 11) is 0. The summed E-state index contributed by atoms with van der Waals surface area (Å²) in [6.45, 7) is 0.00352. The lowest BCUT2D eigenvalue weighted by Crippen LogP contribution is -2.11. The number of ether oxygens (including phenoxy) is 1. The predicted molar refractivity (Wildman–Crippen MR) is 71.0 cm³/mol. The molecule has 0 aliphatic carbocycles. The minimum atomic E-state index is -0.988. The summed E-state index contributed by atoms with van der Waals surface area (Å²) in [5, 5.41) is 9.87. The van der Waals surface area contributed by atoms with E-state index in [0.717, 1.165) is 4.47 Å². The minimum absolute atomic E-state index is 0.00352. The van der Waals surface area contributed by atoms with Gasteiger partial charge >= 0.3 is 0 Å². The molecule has 0 bridgehead atoms. The second-order valence-electron chi connectivity index (χ2n) is 3.78. The molecule has 2 aromatic rings. The van der Waals surface area contributed by atoms with Gasteiger partial charge in [0.15, 0.2) is 0 Å². The molecule has 0 amide bonds. The van der Waals surface area contributed by atoms with Crippen molar-refractivity contribution in [2.45, 2.75) is 6.10 Å². The molecule has 1 atom stereocenters. The molecule has 0 fully saturated rings. The van der Waals surface area contributed by atoms with Crippen LogP contribution in [-0.4, -0.2) is 11.7 Å². The van der Waals surface area contributed by atoms with Crippen LogP contribution in [0, 0.1) is 5.82 Å². The Labute approximate surface area is 113 Å². The van der Waals surface area contributed by atoms with Crippen LogP contribution in [0.3, 0.4) is 0 Å². The molecule has 1 unspecified atom stereocenters. The summed E-state index contributed by atoms with van der Waals surface area (Å²) in [5.74, 6) is 0.189. The smallest absolute Gasteiger partial charge is 0.133 e. The molecule has 2 nitrogen and oxygen atoms in total. The van der Waals surface area contributed by atoms with E-state index in [1.807, 2.05) is 18.2 Å². The van der Waals surface area contributed by atoms with Gasteiger partial charge in [0.2, 0.25) is 0 Å². The molecule has 18 heavy (non-hydrogen) atoms. The third kappa shape index (κ3) is 3.09. The summed E-state index contributed by atoms with van der Waals surface area (Å²) in [5.41, 5.74) is 0.240. The van der Waals surface area contributed by atoms with Gasteiger partial charge in [-0.1, -0.05) is 30.3 Å². The van der Waals surface area contributed by atoms with Crippen LogP contribution in [0.1, 0.15) is 11.7 Å². The van der Waals surface area contributed by atoms with Gasteiger partial charge in [-0.25, -0.2) is 4.39 Å². The van der Waals surface area contributed by atoms with Gasteiger partial charge in [0.05, 0.1) is 4.47 Å². The summed E-state index contributed by atoms with van der Waals surface area (Å²) in [6, 6.07) is 13.4. The van der Waals surface area contributed by atoms with Gasteiger partial charge in [-0.2, -0.15) is 0 Å². The van der Waals surface area contributed by atoms with Crippen molar-refractivity contribution in [2.24, 2.45) is 0 Å². The zero-order valence-electron chi connectivity index (χ0n) is 9.51. The molecule has 0 spiro atoms.